The molecule has 4 rings (SSSR count). The number of anilines is 1. The van der Waals surface area contributed by atoms with E-state index in [1.54, 1.807) is 22.7 Å². The fourth-order valence-electron chi connectivity index (χ4n) is 3.68. The minimum atomic E-state index is -0.0852. The first-order chi connectivity index (χ1) is 15.0. The lowest BCUT2D eigenvalue weighted by molar-refractivity contribution is -0.121. The molecule has 2 amide bonds. The van der Waals surface area contributed by atoms with Gasteiger partial charge in [0, 0.05) is 34.5 Å². The third-order valence-electron chi connectivity index (χ3n) is 5.76. The number of hydrogen-bond acceptors (Lipinski definition) is 4. The lowest BCUT2D eigenvalue weighted by Gasteiger charge is -2.31. The number of aryl methyl sites for hydroxylation is 2. The molecule has 0 bridgehead atoms. The molecule has 1 fully saturated rings. The van der Waals surface area contributed by atoms with Crippen LogP contribution in [0.25, 0.3) is 0 Å². The monoisotopic (exact) mass is 434 g/mol. The van der Waals surface area contributed by atoms with Gasteiger partial charge in [0.05, 0.1) is 11.8 Å². The standard InChI is InChI=1S/C25H26N2O3S/c1-17-3-6-23(15-18(17)2)31-22-7-4-21(5-8-22)26-24(28)19-9-12-27(13-10-19)25(29)20-11-14-30-16-20/h3-8,11,14-16,19H,9-10,12-13H2,1-2H3,(H,26,28). The Hall–Kier alpha value is -2.99. The molecule has 0 atom stereocenters. The molecule has 3 aromatic rings. The second kappa shape index (κ2) is 9.43. The van der Waals surface area contributed by atoms with Crippen LogP contribution in [0.1, 0.15) is 34.3 Å². The van der Waals surface area contributed by atoms with Gasteiger partial charge in [0.1, 0.15) is 6.26 Å². The summed E-state index contributed by atoms with van der Waals surface area (Å²) in [6, 6.07) is 16.1. The van der Waals surface area contributed by atoms with E-state index in [4.69, 9.17) is 4.42 Å². The molecule has 0 saturated carbocycles. The van der Waals surface area contributed by atoms with E-state index >= 15 is 0 Å². The highest BCUT2D eigenvalue weighted by Crippen LogP contribution is 2.30. The van der Waals surface area contributed by atoms with Gasteiger partial charge in [0.15, 0.2) is 0 Å². The van der Waals surface area contributed by atoms with Crippen LogP contribution in [-0.2, 0) is 4.79 Å². The highest BCUT2D eigenvalue weighted by molar-refractivity contribution is 7.99. The van der Waals surface area contributed by atoms with Gasteiger partial charge in [-0.15, -0.1) is 0 Å². The summed E-state index contributed by atoms with van der Waals surface area (Å²) in [5.41, 5.74) is 3.93. The van der Waals surface area contributed by atoms with E-state index in [-0.39, 0.29) is 17.7 Å². The van der Waals surface area contributed by atoms with Crippen LogP contribution < -0.4 is 5.32 Å². The smallest absolute Gasteiger partial charge is 0.257 e. The summed E-state index contributed by atoms with van der Waals surface area (Å²) in [6.45, 7) is 5.39. The van der Waals surface area contributed by atoms with E-state index in [1.165, 1.54) is 28.5 Å². The Morgan fingerprint density at radius 3 is 2.32 bits per heavy atom. The van der Waals surface area contributed by atoms with Crippen LogP contribution in [0.2, 0.25) is 0 Å². The van der Waals surface area contributed by atoms with Crippen LogP contribution in [0.5, 0.6) is 0 Å². The Balaban J connectivity index is 1.29. The van der Waals surface area contributed by atoms with Crippen molar-refractivity contribution in [1.82, 2.24) is 4.90 Å². The molecule has 0 radical (unpaired) electrons. The maximum Gasteiger partial charge on any atom is 0.257 e. The number of furan rings is 1. The molecule has 5 nitrogen and oxygen atoms in total. The molecule has 1 aromatic heterocycles. The number of rotatable bonds is 5. The van der Waals surface area contributed by atoms with Crippen molar-refractivity contribution in [3.8, 4) is 0 Å². The Morgan fingerprint density at radius 2 is 1.68 bits per heavy atom. The van der Waals surface area contributed by atoms with Crippen molar-refractivity contribution in [2.24, 2.45) is 5.92 Å². The van der Waals surface area contributed by atoms with Gasteiger partial charge in [0.25, 0.3) is 5.91 Å². The number of piperidine rings is 1. The maximum absolute atomic E-state index is 12.7. The number of nitrogens with one attached hydrogen (secondary N) is 1. The topological polar surface area (TPSA) is 62.6 Å². The van der Waals surface area contributed by atoms with E-state index < -0.39 is 0 Å². The van der Waals surface area contributed by atoms with Crippen molar-refractivity contribution >= 4 is 29.3 Å². The highest BCUT2D eigenvalue weighted by atomic mass is 32.2. The van der Waals surface area contributed by atoms with Gasteiger partial charge in [-0.25, -0.2) is 0 Å². The summed E-state index contributed by atoms with van der Waals surface area (Å²) in [4.78, 5) is 29.2. The van der Waals surface area contributed by atoms with Crippen molar-refractivity contribution in [3.05, 3.63) is 77.7 Å². The predicted molar refractivity (Wildman–Crippen MR) is 122 cm³/mol. The van der Waals surface area contributed by atoms with E-state index in [1.807, 2.05) is 24.3 Å². The van der Waals surface area contributed by atoms with Crippen molar-refractivity contribution in [2.75, 3.05) is 18.4 Å². The van der Waals surface area contributed by atoms with Gasteiger partial charge in [-0.2, -0.15) is 0 Å². The Bertz CT molecular complexity index is 1050. The molecular weight excluding hydrogens is 408 g/mol. The zero-order valence-corrected chi connectivity index (χ0v) is 18.6. The molecule has 1 aliphatic heterocycles. The average molecular weight is 435 g/mol. The van der Waals surface area contributed by atoms with Crippen LogP contribution in [0.15, 0.2) is 75.3 Å². The van der Waals surface area contributed by atoms with Gasteiger partial charge in [-0.3, -0.25) is 9.59 Å². The molecule has 2 aromatic carbocycles. The zero-order chi connectivity index (χ0) is 21.8. The van der Waals surface area contributed by atoms with Gasteiger partial charge in [0.2, 0.25) is 5.91 Å². The minimum Gasteiger partial charge on any atom is -0.472 e. The number of benzene rings is 2. The molecule has 160 valence electrons. The van der Waals surface area contributed by atoms with E-state index in [2.05, 4.69) is 37.4 Å². The molecule has 31 heavy (non-hydrogen) atoms. The number of nitrogens with zero attached hydrogens (tertiary/aromatic N) is 1. The number of carbonyl (C=O) groups excluding carboxylic acids is 2. The Morgan fingerprint density at radius 1 is 0.968 bits per heavy atom. The molecular formula is C25H26N2O3S. The molecule has 1 saturated heterocycles. The number of hydrogen-bond donors (Lipinski definition) is 1. The summed E-state index contributed by atoms with van der Waals surface area (Å²) in [5, 5.41) is 3.02. The molecule has 0 unspecified atom stereocenters. The molecule has 0 spiro atoms. The fourth-order valence-corrected chi connectivity index (χ4v) is 4.59. The maximum atomic E-state index is 12.7. The van der Waals surface area contributed by atoms with Crippen LogP contribution in [0.3, 0.4) is 0 Å². The van der Waals surface area contributed by atoms with Gasteiger partial charge in [-0.1, -0.05) is 17.8 Å². The first kappa shape index (κ1) is 21.2. The summed E-state index contributed by atoms with van der Waals surface area (Å²) in [6.07, 6.45) is 4.29. The first-order valence-electron chi connectivity index (χ1n) is 10.5. The zero-order valence-electron chi connectivity index (χ0n) is 17.8. The van der Waals surface area contributed by atoms with Crippen molar-refractivity contribution in [3.63, 3.8) is 0 Å². The van der Waals surface area contributed by atoms with Crippen LogP contribution in [0, 0.1) is 19.8 Å². The molecule has 0 aliphatic carbocycles. The predicted octanol–water partition coefficient (Wildman–Crippen LogP) is 5.54. The number of likely N-dealkylation sites (tertiary alicyclic amines) is 1. The largest absolute Gasteiger partial charge is 0.472 e. The highest BCUT2D eigenvalue weighted by Gasteiger charge is 2.28. The van der Waals surface area contributed by atoms with Crippen LogP contribution in [-0.4, -0.2) is 29.8 Å². The third-order valence-corrected chi connectivity index (χ3v) is 6.75. The Kier molecular flexibility index (Phi) is 6.47. The third kappa shape index (κ3) is 5.20. The van der Waals surface area contributed by atoms with E-state index in [9.17, 15) is 9.59 Å². The quantitative estimate of drug-likeness (QED) is 0.573. The van der Waals surface area contributed by atoms with Crippen molar-refractivity contribution in [1.29, 1.82) is 0 Å². The van der Waals surface area contributed by atoms with Crippen molar-refractivity contribution in [2.45, 2.75) is 36.5 Å². The number of amides is 2. The Labute approximate surface area is 186 Å². The molecule has 1 aliphatic rings. The number of carbonyl (C=O) groups is 2. The van der Waals surface area contributed by atoms with Crippen molar-refractivity contribution < 1.29 is 14.0 Å². The minimum absolute atomic E-state index is 0.0185. The van der Waals surface area contributed by atoms with Gasteiger partial charge < -0.3 is 14.6 Å². The normalized spacial score (nSPS) is 14.5. The van der Waals surface area contributed by atoms with Crippen LogP contribution in [0.4, 0.5) is 5.69 Å². The second-order valence-corrected chi connectivity index (χ2v) is 9.09. The molecule has 6 heteroatoms. The SMILES string of the molecule is Cc1ccc(Sc2ccc(NC(=O)C3CCN(C(=O)c4ccoc4)CC3)cc2)cc1C. The molecule has 2 heterocycles. The second-order valence-electron chi connectivity index (χ2n) is 7.94. The summed E-state index contributed by atoms with van der Waals surface area (Å²) in [5.74, 6) is -0.104. The van der Waals surface area contributed by atoms with Crippen LogP contribution >= 0.6 is 11.8 Å². The summed E-state index contributed by atoms with van der Waals surface area (Å²) < 4.78 is 4.99. The van der Waals surface area contributed by atoms with E-state index in [0.29, 0.717) is 31.5 Å². The van der Waals surface area contributed by atoms with E-state index in [0.717, 1.165) is 10.6 Å². The summed E-state index contributed by atoms with van der Waals surface area (Å²) in [7, 11) is 0. The fraction of sp³-hybridized carbons (Fsp3) is 0.280. The first-order valence-corrected chi connectivity index (χ1v) is 11.3. The average Bonchev–Trinajstić information content (AvgIpc) is 3.32. The van der Waals surface area contributed by atoms with Gasteiger partial charge in [-0.05, 0) is 80.3 Å². The molecule has 1 N–H and O–H groups in total. The summed E-state index contributed by atoms with van der Waals surface area (Å²) >= 11 is 1.71. The lowest BCUT2D eigenvalue weighted by atomic mass is 9.95. The van der Waals surface area contributed by atoms with Gasteiger partial charge >= 0.3 is 0 Å². The lowest BCUT2D eigenvalue weighted by Crippen LogP contribution is -2.41.